The van der Waals surface area contributed by atoms with Gasteiger partial charge in [0.15, 0.2) is 11.6 Å². The molecule has 0 radical (unpaired) electrons. The van der Waals surface area contributed by atoms with Crippen LogP contribution >= 0.6 is 0 Å². The highest BCUT2D eigenvalue weighted by Crippen LogP contribution is 2.55. The second kappa shape index (κ2) is 9.85. The van der Waals surface area contributed by atoms with E-state index in [0.29, 0.717) is 22.4 Å². The molecule has 9 nitrogen and oxygen atoms in total. The molecule has 5 rings (SSSR count). The van der Waals surface area contributed by atoms with Crippen LogP contribution in [0.1, 0.15) is 49.8 Å². The molecule has 1 aliphatic carbocycles. The highest BCUT2D eigenvalue weighted by molar-refractivity contribution is 7.90. The fourth-order valence-electron chi connectivity index (χ4n) is 5.18. The Morgan fingerprint density at radius 3 is 2.70 bits per heavy atom. The fourth-order valence-corrected chi connectivity index (χ4v) is 6.13. The minimum absolute atomic E-state index is 0.0705. The molecular weight excluding hydrogens is 495 g/mol. The number of rotatable bonds is 7. The Bertz CT molecular complexity index is 1480. The van der Waals surface area contributed by atoms with Gasteiger partial charge in [0.1, 0.15) is 17.4 Å². The van der Waals surface area contributed by atoms with E-state index in [1.807, 2.05) is 12.3 Å². The number of hydrogen-bond acceptors (Lipinski definition) is 7. The van der Waals surface area contributed by atoms with Crippen molar-refractivity contribution in [3.8, 4) is 17.6 Å². The zero-order valence-electron chi connectivity index (χ0n) is 20.8. The highest BCUT2D eigenvalue weighted by Gasteiger charge is 2.45. The van der Waals surface area contributed by atoms with E-state index in [0.717, 1.165) is 42.0 Å². The maximum atomic E-state index is 14.8. The normalized spacial score (nSPS) is 17.5. The van der Waals surface area contributed by atoms with Gasteiger partial charge in [-0.2, -0.15) is 18.0 Å². The SMILES string of the molecule is CCN(C)S(=O)(=O)Nc1ccc(F)c(Oc2ccc3ncc(C4CC5(CCNCC5)C4)nc3c2)c1C#N. The van der Waals surface area contributed by atoms with Crippen LogP contribution < -0.4 is 14.8 Å². The lowest BCUT2D eigenvalue weighted by atomic mass is 9.57. The van der Waals surface area contributed by atoms with Crippen LogP contribution in [0.25, 0.3) is 11.0 Å². The number of nitrogens with one attached hydrogen (secondary N) is 2. The number of aromatic nitrogens is 2. The molecule has 1 saturated carbocycles. The summed E-state index contributed by atoms with van der Waals surface area (Å²) in [6.45, 7) is 4.03. The summed E-state index contributed by atoms with van der Waals surface area (Å²) in [7, 11) is -2.52. The molecule has 0 unspecified atom stereocenters. The zero-order valence-corrected chi connectivity index (χ0v) is 21.6. The molecule has 2 aliphatic rings. The predicted molar refractivity (Wildman–Crippen MR) is 138 cm³/mol. The lowest BCUT2D eigenvalue weighted by Gasteiger charge is -2.50. The van der Waals surface area contributed by atoms with Gasteiger partial charge >= 0.3 is 10.2 Å². The Hall–Kier alpha value is -3.33. The fraction of sp³-hybridized carbons (Fsp3) is 0.423. The van der Waals surface area contributed by atoms with Crippen molar-refractivity contribution < 1.29 is 17.5 Å². The Morgan fingerprint density at radius 1 is 1.24 bits per heavy atom. The summed E-state index contributed by atoms with van der Waals surface area (Å²) in [5.74, 6) is -0.515. The summed E-state index contributed by atoms with van der Waals surface area (Å²) in [5.41, 5.74) is 2.32. The first-order valence-electron chi connectivity index (χ1n) is 12.4. The minimum atomic E-state index is -3.92. The third kappa shape index (κ3) is 4.97. The number of benzene rings is 2. The van der Waals surface area contributed by atoms with E-state index < -0.39 is 16.0 Å². The second-order valence-corrected chi connectivity index (χ2v) is 11.6. The van der Waals surface area contributed by atoms with Gasteiger partial charge in [0, 0.05) is 31.8 Å². The Balaban J connectivity index is 1.41. The molecule has 3 aromatic rings. The molecule has 11 heteroatoms. The molecular formula is C26H29FN6O3S. The van der Waals surface area contributed by atoms with Crippen molar-refractivity contribution in [2.75, 3.05) is 31.4 Å². The largest absolute Gasteiger partial charge is 0.453 e. The molecule has 0 bridgehead atoms. The van der Waals surface area contributed by atoms with Gasteiger partial charge in [-0.05, 0) is 68.5 Å². The first-order valence-corrected chi connectivity index (χ1v) is 13.8. The highest BCUT2D eigenvalue weighted by atomic mass is 32.2. The summed E-state index contributed by atoms with van der Waals surface area (Å²) < 4.78 is 48.9. The Labute approximate surface area is 215 Å². The summed E-state index contributed by atoms with van der Waals surface area (Å²) in [5, 5.41) is 13.2. The van der Waals surface area contributed by atoms with Gasteiger partial charge in [-0.15, -0.1) is 0 Å². The molecule has 194 valence electrons. The number of nitrogens with zero attached hydrogens (tertiary/aromatic N) is 4. The third-order valence-electron chi connectivity index (χ3n) is 7.51. The first kappa shape index (κ1) is 25.3. The third-order valence-corrected chi connectivity index (χ3v) is 9.07. The molecule has 37 heavy (non-hydrogen) atoms. The van der Waals surface area contributed by atoms with E-state index >= 15 is 0 Å². The molecule has 2 fully saturated rings. The van der Waals surface area contributed by atoms with E-state index in [1.54, 1.807) is 25.1 Å². The average molecular weight is 525 g/mol. The number of anilines is 1. The van der Waals surface area contributed by atoms with Crippen LogP contribution in [0.4, 0.5) is 10.1 Å². The summed E-state index contributed by atoms with van der Waals surface area (Å²) in [6, 6.07) is 9.13. The molecule has 1 aliphatic heterocycles. The average Bonchev–Trinajstić information content (AvgIpc) is 2.88. The van der Waals surface area contributed by atoms with Crippen molar-refractivity contribution >= 4 is 26.9 Å². The minimum Gasteiger partial charge on any atom is -0.453 e. The van der Waals surface area contributed by atoms with Gasteiger partial charge in [0.25, 0.3) is 0 Å². The summed E-state index contributed by atoms with van der Waals surface area (Å²) in [4.78, 5) is 9.38. The van der Waals surface area contributed by atoms with Crippen LogP contribution in [-0.4, -0.2) is 49.4 Å². The number of nitriles is 1. The lowest BCUT2D eigenvalue weighted by Crippen LogP contribution is -2.44. The van der Waals surface area contributed by atoms with Gasteiger partial charge in [-0.3, -0.25) is 9.71 Å². The van der Waals surface area contributed by atoms with Gasteiger partial charge in [-0.25, -0.2) is 9.37 Å². The van der Waals surface area contributed by atoms with E-state index in [2.05, 4.69) is 15.0 Å². The van der Waals surface area contributed by atoms with Crippen molar-refractivity contribution in [3.05, 3.63) is 53.6 Å². The van der Waals surface area contributed by atoms with Crippen LogP contribution in [0.2, 0.25) is 0 Å². The Kier molecular flexibility index (Phi) is 6.74. The topological polar surface area (TPSA) is 120 Å². The standard InChI is InChI=1S/C26H29FN6O3S/c1-3-33(2)37(34,35)32-21-7-5-20(27)25(19(21)15-28)36-18-4-6-22-23(12-18)31-24(16-30-22)17-13-26(14-17)8-10-29-11-9-26/h4-7,12,16-17,29,32H,3,8-11,13-14H2,1-2H3. The molecule has 1 saturated heterocycles. The van der Waals surface area contributed by atoms with Gasteiger partial charge in [-0.1, -0.05) is 6.92 Å². The second-order valence-electron chi connectivity index (χ2n) is 9.83. The van der Waals surface area contributed by atoms with Crippen molar-refractivity contribution in [1.82, 2.24) is 19.6 Å². The number of piperidine rings is 1. The predicted octanol–water partition coefficient (Wildman–Crippen LogP) is 4.29. The molecule has 0 amide bonds. The maximum absolute atomic E-state index is 14.8. The van der Waals surface area contributed by atoms with E-state index in [1.165, 1.54) is 26.0 Å². The van der Waals surface area contributed by atoms with Crippen LogP contribution in [0.15, 0.2) is 36.5 Å². The maximum Gasteiger partial charge on any atom is 0.301 e. The molecule has 2 heterocycles. The van der Waals surface area contributed by atoms with E-state index in [9.17, 15) is 18.1 Å². The first-order chi connectivity index (χ1) is 17.7. The summed E-state index contributed by atoms with van der Waals surface area (Å²) in [6.07, 6.45) is 6.44. The van der Waals surface area contributed by atoms with E-state index in [4.69, 9.17) is 9.72 Å². The quantitative estimate of drug-likeness (QED) is 0.473. The van der Waals surface area contributed by atoms with Crippen molar-refractivity contribution in [2.45, 2.75) is 38.5 Å². The zero-order chi connectivity index (χ0) is 26.2. The van der Waals surface area contributed by atoms with E-state index in [-0.39, 0.29) is 29.3 Å². The van der Waals surface area contributed by atoms with Gasteiger partial charge < -0.3 is 10.1 Å². The molecule has 1 spiro atoms. The van der Waals surface area contributed by atoms with Gasteiger partial charge in [0.05, 0.1) is 22.4 Å². The van der Waals surface area contributed by atoms with Crippen LogP contribution in [-0.2, 0) is 10.2 Å². The number of fused-ring (bicyclic) bond motifs is 1. The summed E-state index contributed by atoms with van der Waals surface area (Å²) >= 11 is 0. The number of ether oxygens (including phenoxy) is 1. The lowest BCUT2D eigenvalue weighted by molar-refractivity contribution is 0.0586. The van der Waals surface area contributed by atoms with Crippen molar-refractivity contribution in [2.24, 2.45) is 5.41 Å². The molecule has 2 aromatic carbocycles. The van der Waals surface area contributed by atoms with Crippen LogP contribution in [0.3, 0.4) is 0 Å². The molecule has 1 aromatic heterocycles. The Morgan fingerprint density at radius 2 is 2.00 bits per heavy atom. The smallest absolute Gasteiger partial charge is 0.301 e. The monoisotopic (exact) mass is 524 g/mol. The van der Waals surface area contributed by atoms with Crippen molar-refractivity contribution in [1.29, 1.82) is 5.26 Å². The molecule has 0 atom stereocenters. The molecule has 2 N–H and O–H groups in total. The van der Waals surface area contributed by atoms with Crippen molar-refractivity contribution in [3.63, 3.8) is 0 Å². The van der Waals surface area contributed by atoms with Crippen LogP contribution in [0, 0.1) is 22.6 Å². The number of hydrogen-bond donors (Lipinski definition) is 2. The number of halogens is 1. The van der Waals surface area contributed by atoms with Gasteiger partial charge in [0.2, 0.25) is 0 Å². The van der Waals surface area contributed by atoms with Crippen LogP contribution in [0.5, 0.6) is 11.5 Å².